The van der Waals surface area contributed by atoms with Crippen LogP contribution in [0, 0.1) is 0 Å². The van der Waals surface area contributed by atoms with Gasteiger partial charge in [0.15, 0.2) is 0 Å². The molecule has 7 heteroatoms. The Morgan fingerprint density at radius 2 is 2.42 bits per heavy atom. The predicted octanol–water partition coefficient (Wildman–Crippen LogP) is -0.703. The Morgan fingerprint density at radius 3 is 2.83 bits per heavy atom. The molecule has 12 heavy (non-hydrogen) atoms. The van der Waals surface area contributed by atoms with E-state index in [4.69, 9.17) is 17.5 Å². The highest BCUT2D eigenvalue weighted by molar-refractivity contribution is 7.32. The zero-order valence-corrected chi connectivity index (χ0v) is 7.18. The Hall–Kier alpha value is 0.00494. The highest BCUT2D eigenvalue weighted by atomic mass is 31.1. The summed E-state index contributed by atoms with van der Waals surface area (Å²) < 4.78 is 19.5. The monoisotopic (exact) mass is 191 g/mol. The normalized spacial score (nSPS) is 36.8. The van der Waals surface area contributed by atoms with E-state index in [-0.39, 0.29) is 6.61 Å². The summed E-state index contributed by atoms with van der Waals surface area (Å²) in [6.45, 7) is -0.111. The third-order valence-electron chi connectivity index (χ3n) is 1.60. The molecule has 1 aliphatic heterocycles. The van der Waals surface area contributed by atoms with E-state index in [2.05, 4.69) is 4.52 Å². The lowest BCUT2D eigenvalue weighted by atomic mass is 9.96. The first-order chi connectivity index (χ1) is 5.59. The summed E-state index contributed by atoms with van der Waals surface area (Å²) in [6, 6.07) is -0.509. The number of hydrogen-bond acceptors (Lipinski definition) is 4. The van der Waals surface area contributed by atoms with Gasteiger partial charge in [-0.3, -0.25) is 0 Å². The molecule has 1 fully saturated rings. The number of aliphatic hydroxyl groups excluding tert-OH is 1. The van der Waals surface area contributed by atoms with Gasteiger partial charge < -0.3 is 9.84 Å². The van der Waals surface area contributed by atoms with Crippen molar-refractivity contribution in [2.75, 3.05) is 6.61 Å². The summed E-state index contributed by atoms with van der Waals surface area (Å²) in [5, 5.41) is 9.21. The van der Waals surface area contributed by atoms with Crippen LogP contribution in [0.25, 0.3) is 0 Å². The van der Waals surface area contributed by atoms with Gasteiger partial charge in [0, 0.05) is 10.6 Å². The lowest BCUT2D eigenvalue weighted by molar-refractivity contribution is 0.00204. The maximum Gasteiger partial charge on any atom is 0.694 e. The van der Waals surface area contributed by atoms with E-state index < -0.39 is 26.5 Å². The molecule has 0 aromatic rings. The lowest BCUT2D eigenvalue weighted by Crippen LogP contribution is -2.25. The molecule has 66 valence electrons. The Bertz CT molecular complexity index is 177. The summed E-state index contributed by atoms with van der Waals surface area (Å²) in [7, 11) is 2.72. The zero-order chi connectivity index (χ0) is 9.14. The van der Waals surface area contributed by atoms with Gasteiger partial charge in [-0.05, 0) is 6.42 Å². The molecule has 2 radical (unpaired) electrons. The van der Waals surface area contributed by atoms with Crippen molar-refractivity contribution in [3.63, 3.8) is 0 Å². The lowest BCUT2D eigenvalue weighted by Gasteiger charge is -2.09. The molecule has 5 nitrogen and oxygen atoms in total. The number of rotatable bonds is 3. The maximum absolute atomic E-state index is 10.1. The molecule has 0 spiro atoms. The highest BCUT2D eigenvalue weighted by Crippen LogP contribution is 2.22. The van der Waals surface area contributed by atoms with Crippen molar-refractivity contribution in [1.29, 1.82) is 0 Å². The Labute approximate surface area is 72.0 Å². The van der Waals surface area contributed by atoms with Gasteiger partial charge in [-0.1, -0.05) is 0 Å². The molecular weight excluding hydrogens is 182 g/mol. The van der Waals surface area contributed by atoms with Gasteiger partial charge in [0.25, 0.3) is 0 Å². The third-order valence-corrected chi connectivity index (χ3v) is 1.97. The van der Waals surface area contributed by atoms with Gasteiger partial charge in [0.05, 0.1) is 6.10 Å². The van der Waals surface area contributed by atoms with Crippen molar-refractivity contribution < 1.29 is 23.8 Å². The van der Waals surface area contributed by atoms with Crippen LogP contribution in [0.5, 0.6) is 0 Å². The van der Waals surface area contributed by atoms with E-state index in [0.29, 0.717) is 6.42 Å². The van der Waals surface area contributed by atoms with Crippen LogP contribution in [0.3, 0.4) is 0 Å². The van der Waals surface area contributed by atoms with Crippen molar-refractivity contribution in [3.05, 3.63) is 0 Å². The zero-order valence-electron chi connectivity index (χ0n) is 6.29. The molecule has 1 heterocycles. The summed E-state index contributed by atoms with van der Waals surface area (Å²) in [5.74, 6) is 0. The van der Waals surface area contributed by atoms with Crippen molar-refractivity contribution >= 4 is 16.1 Å². The number of ether oxygens (including phenoxy) is 1. The smallest absolute Gasteiger partial charge is 0.390 e. The summed E-state index contributed by atoms with van der Waals surface area (Å²) in [5.41, 5.74) is 0. The van der Waals surface area contributed by atoms with Gasteiger partial charge in [-0.2, -0.15) is 0 Å². The Kier molecular flexibility index (Phi) is 3.62. The summed E-state index contributed by atoms with van der Waals surface area (Å²) in [6.07, 6.45) is -0.975. The predicted molar refractivity (Wildman–Crippen MR) is 40.8 cm³/mol. The topological polar surface area (TPSA) is 76.0 Å². The van der Waals surface area contributed by atoms with Crippen LogP contribution in [0.2, 0.25) is 0 Å². The van der Waals surface area contributed by atoms with Crippen molar-refractivity contribution in [2.24, 2.45) is 0 Å². The Morgan fingerprint density at radius 1 is 1.75 bits per heavy atom. The molecule has 0 aromatic heterocycles. The van der Waals surface area contributed by atoms with Crippen molar-refractivity contribution in [1.82, 2.24) is 0 Å². The molecular formula is C5H9BO5P+. The van der Waals surface area contributed by atoms with Gasteiger partial charge >= 0.3 is 8.25 Å². The maximum atomic E-state index is 10.1. The molecule has 1 saturated heterocycles. The van der Waals surface area contributed by atoms with Gasteiger partial charge in [0.2, 0.25) is 0 Å². The summed E-state index contributed by atoms with van der Waals surface area (Å²) >= 11 is 0. The molecule has 0 aliphatic carbocycles. The molecule has 4 atom stereocenters. The minimum atomic E-state index is -2.63. The van der Waals surface area contributed by atoms with Crippen LogP contribution in [0.15, 0.2) is 0 Å². The summed E-state index contributed by atoms with van der Waals surface area (Å²) in [4.78, 5) is 8.28. The fraction of sp³-hybridized carbons (Fsp3) is 1.00. The molecule has 0 amide bonds. The fourth-order valence-electron chi connectivity index (χ4n) is 1.05. The second kappa shape index (κ2) is 4.30. The van der Waals surface area contributed by atoms with Gasteiger partial charge in [-0.25, -0.2) is 0 Å². The third kappa shape index (κ3) is 2.81. The second-order valence-corrected chi connectivity index (χ2v) is 3.28. The molecule has 0 saturated carbocycles. The van der Waals surface area contributed by atoms with E-state index >= 15 is 0 Å². The van der Waals surface area contributed by atoms with Crippen molar-refractivity contribution in [3.8, 4) is 0 Å². The fourth-order valence-corrected chi connectivity index (χ4v) is 1.32. The molecule has 2 N–H and O–H groups in total. The van der Waals surface area contributed by atoms with Crippen molar-refractivity contribution in [2.45, 2.75) is 24.6 Å². The van der Waals surface area contributed by atoms with E-state index in [9.17, 15) is 9.67 Å². The molecule has 1 unspecified atom stereocenters. The molecule has 1 rings (SSSR count). The van der Waals surface area contributed by atoms with Crippen LogP contribution in [-0.4, -0.2) is 42.7 Å². The molecule has 0 aromatic carbocycles. The van der Waals surface area contributed by atoms with Gasteiger partial charge in [-0.15, -0.1) is 9.42 Å². The van der Waals surface area contributed by atoms with Crippen LogP contribution < -0.4 is 0 Å². The van der Waals surface area contributed by atoms with Crippen LogP contribution in [0.4, 0.5) is 0 Å². The van der Waals surface area contributed by atoms with E-state index in [0.717, 1.165) is 0 Å². The first-order valence-electron chi connectivity index (χ1n) is 3.47. The first kappa shape index (κ1) is 10.1. The quantitative estimate of drug-likeness (QED) is 0.455. The second-order valence-electron chi connectivity index (χ2n) is 2.55. The van der Waals surface area contributed by atoms with E-state index in [1.165, 1.54) is 0 Å². The van der Waals surface area contributed by atoms with Gasteiger partial charge in [0.1, 0.15) is 20.6 Å². The van der Waals surface area contributed by atoms with E-state index in [1.807, 2.05) is 0 Å². The highest BCUT2D eigenvalue weighted by Gasteiger charge is 2.33. The minimum Gasteiger partial charge on any atom is -0.390 e. The molecule has 1 aliphatic rings. The average Bonchev–Trinajstić information content (AvgIpc) is 2.26. The molecule has 0 bridgehead atoms. The van der Waals surface area contributed by atoms with Crippen LogP contribution in [0.1, 0.15) is 6.42 Å². The van der Waals surface area contributed by atoms with Crippen LogP contribution in [-0.2, 0) is 13.8 Å². The first-order valence-corrected chi connectivity index (χ1v) is 4.61. The largest absolute Gasteiger partial charge is 0.694 e. The number of aliphatic hydroxyl groups is 1. The standard InChI is InChI=1S/C5H8BO5P/c6-5-1-3(7)4(11-5)2-10-12(8)9/h3-5,7H,1-2H2/p+1/t3-,4-,5-/m1/s1. The average molecular weight is 191 g/mol. The minimum absolute atomic E-state index is 0.111. The Balaban J connectivity index is 2.28. The number of hydrogen-bond donors (Lipinski definition) is 2. The SMILES string of the molecule is [B][C@H]1C[C@@H](O)[C@@H](CO[P+](=O)O)O1. The van der Waals surface area contributed by atoms with E-state index in [1.54, 1.807) is 0 Å². The van der Waals surface area contributed by atoms with Crippen LogP contribution >= 0.6 is 8.25 Å².